The molecule has 1 aliphatic rings. The molecule has 0 radical (unpaired) electrons. The number of aromatic nitrogens is 1. The van der Waals surface area contributed by atoms with Gasteiger partial charge in [0.25, 0.3) is 0 Å². The topological polar surface area (TPSA) is 43.2 Å². The quantitative estimate of drug-likeness (QED) is 0.811. The number of anilines is 1. The van der Waals surface area contributed by atoms with Crippen molar-refractivity contribution in [2.24, 2.45) is 0 Å². The lowest BCUT2D eigenvalue weighted by Crippen LogP contribution is -2.49. The molecule has 4 nitrogen and oxygen atoms in total. The first-order chi connectivity index (χ1) is 8.70. The molecule has 1 aliphatic heterocycles. The van der Waals surface area contributed by atoms with Gasteiger partial charge in [0.05, 0.1) is 12.5 Å². The molecular formula is C14H20N4. The van der Waals surface area contributed by atoms with E-state index in [1.807, 2.05) is 18.3 Å². The zero-order chi connectivity index (χ0) is 13.0. The van der Waals surface area contributed by atoms with Gasteiger partial charge < -0.3 is 4.90 Å². The second kappa shape index (κ2) is 5.83. The Morgan fingerprint density at radius 1 is 1.28 bits per heavy atom. The molecule has 2 rings (SSSR count). The summed E-state index contributed by atoms with van der Waals surface area (Å²) in [5.74, 6) is 1.03. The minimum Gasteiger partial charge on any atom is -0.354 e. The summed E-state index contributed by atoms with van der Waals surface area (Å²) in [5, 5.41) is 8.63. The third-order valence-corrected chi connectivity index (χ3v) is 3.46. The van der Waals surface area contributed by atoms with Gasteiger partial charge >= 0.3 is 0 Å². The van der Waals surface area contributed by atoms with Gasteiger partial charge in [0.15, 0.2) is 0 Å². The van der Waals surface area contributed by atoms with Crippen LogP contribution in [0.25, 0.3) is 0 Å². The van der Waals surface area contributed by atoms with Crippen molar-refractivity contribution in [2.45, 2.75) is 26.3 Å². The predicted molar refractivity (Wildman–Crippen MR) is 72.5 cm³/mol. The van der Waals surface area contributed by atoms with Crippen LogP contribution in [0, 0.1) is 11.3 Å². The summed E-state index contributed by atoms with van der Waals surface area (Å²) in [4.78, 5) is 9.25. The molecule has 0 N–H and O–H groups in total. The predicted octanol–water partition coefficient (Wildman–Crippen LogP) is 1.68. The fourth-order valence-corrected chi connectivity index (χ4v) is 2.27. The molecule has 0 unspecified atom stereocenters. The lowest BCUT2D eigenvalue weighted by molar-refractivity contribution is 0.209. The lowest BCUT2D eigenvalue weighted by Gasteiger charge is -2.37. The van der Waals surface area contributed by atoms with Gasteiger partial charge in [-0.25, -0.2) is 4.98 Å². The van der Waals surface area contributed by atoms with E-state index in [1.54, 1.807) is 0 Å². The van der Waals surface area contributed by atoms with E-state index < -0.39 is 0 Å². The molecule has 2 heterocycles. The zero-order valence-electron chi connectivity index (χ0n) is 11.1. The van der Waals surface area contributed by atoms with Gasteiger partial charge in [0.2, 0.25) is 0 Å². The van der Waals surface area contributed by atoms with Crippen LogP contribution in [0.5, 0.6) is 0 Å². The van der Waals surface area contributed by atoms with Gasteiger partial charge in [-0.2, -0.15) is 5.26 Å². The number of hydrogen-bond donors (Lipinski definition) is 0. The summed E-state index contributed by atoms with van der Waals surface area (Å²) >= 11 is 0. The van der Waals surface area contributed by atoms with E-state index in [0.29, 0.717) is 12.5 Å². The maximum atomic E-state index is 8.63. The van der Waals surface area contributed by atoms with E-state index in [2.05, 4.69) is 34.7 Å². The molecule has 96 valence electrons. The van der Waals surface area contributed by atoms with Crippen molar-refractivity contribution in [1.29, 1.82) is 5.26 Å². The monoisotopic (exact) mass is 244 g/mol. The molecule has 0 bridgehead atoms. The average molecular weight is 244 g/mol. The highest BCUT2D eigenvalue weighted by molar-refractivity contribution is 5.40. The maximum absolute atomic E-state index is 8.63. The first-order valence-electron chi connectivity index (χ1n) is 6.51. The van der Waals surface area contributed by atoms with Crippen LogP contribution in [0.15, 0.2) is 18.3 Å². The Kier molecular flexibility index (Phi) is 4.16. The molecule has 0 saturated carbocycles. The summed E-state index contributed by atoms with van der Waals surface area (Å²) in [5.41, 5.74) is 0.988. The van der Waals surface area contributed by atoms with E-state index >= 15 is 0 Å². The molecule has 1 fully saturated rings. The standard InChI is InChI=1S/C14H20N4/c1-12(2)17-7-9-18(10-8-17)14-4-3-13(5-6-15)11-16-14/h3-4,11-12H,5,7-10H2,1-2H3. The molecule has 18 heavy (non-hydrogen) atoms. The number of rotatable bonds is 3. The van der Waals surface area contributed by atoms with Crippen LogP contribution < -0.4 is 4.90 Å². The summed E-state index contributed by atoms with van der Waals surface area (Å²) in [6.45, 7) is 8.74. The second-order valence-electron chi connectivity index (χ2n) is 4.98. The van der Waals surface area contributed by atoms with Gasteiger partial charge in [-0.3, -0.25) is 4.90 Å². The minimum absolute atomic E-state index is 0.439. The number of nitriles is 1. The number of piperazine rings is 1. The Hall–Kier alpha value is -1.60. The van der Waals surface area contributed by atoms with Crippen molar-refractivity contribution in [3.05, 3.63) is 23.9 Å². The van der Waals surface area contributed by atoms with E-state index in [4.69, 9.17) is 5.26 Å². The maximum Gasteiger partial charge on any atom is 0.128 e. The Balaban J connectivity index is 1.95. The van der Waals surface area contributed by atoms with Gasteiger partial charge in [-0.15, -0.1) is 0 Å². The highest BCUT2D eigenvalue weighted by Crippen LogP contribution is 2.15. The van der Waals surface area contributed by atoms with Gasteiger partial charge in [0.1, 0.15) is 5.82 Å². The highest BCUT2D eigenvalue weighted by Gasteiger charge is 2.19. The van der Waals surface area contributed by atoms with Crippen molar-refractivity contribution >= 4 is 5.82 Å². The van der Waals surface area contributed by atoms with Crippen molar-refractivity contribution < 1.29 is 0 Å². The van der Waals surface area contributed by atoms with Crippen LogP contribution in [0.1, 0.15) is 19.4 Å². The summed E-state index contributed by atoms with van der Waals surface area (Å²) in [6, 6.07) is 6.79. The smallest absolute Gasteiger partial charge is 0.128 e. The SMILES string of the molecule is CC(C)N1CCN(c2ccc(CC#N)cn2)CC1. The fraction of sp³-hybridized carbons (Fsp3) is 0.571. The minimum atomic E-state index is 0.439. The number of pyridine rings is 1. The summed E-state index contributed by atoms with van der Waals surface area (Å²) < 4.78 is 0. The fourth-order valence-electron chi connectivity index (χ4n) is 2.27. The third kappa shape index (κ3) is 2.99. The molecule has 4 heteroatoms. The first-order valence-corrected chi connectivity index (χ1v) is 6.51. The second-order valence-corrected chi connectivity index (χ2v) is 4.98. The van der Waals surface area contributed by atoms with Crippen LogP contribution in [-0.4, -0.2) is 42.1 Å². The third-order valence-electron chi connectivity index (χ3n) is 3.46. The van der Waals surface area contributed by atoms with Crippen molar-refractivity contribution in [3.63, 3.8) is 0 Å². The molecule has 0 atom stereocenters. The average Bonchev–Trinajstić information content (AvgIpc) is 2.40. The summed E-state index contributed by atoms with van der Waals surface area (Å²) in [7, 11) is 0. The van der Waals surface area contributed by atoms with E-state index in [9.17, 15) is 0 Å². The number of hydrogen-bond acceptors (Lipinski definition) is 4. The Morgan fingerprint density at radius 2 is 2.00 bits per heavy atom. The van der Waals surface area contributed by atoms with Crippen LogP contribution in [0.3, 0.4) is 0 Å². The van der Waals surface area contributed by atoms with Gasteiger partial charge in [-0.1, -0.05) is 6.07 Å². The zero-order valence-corrected chi connectivity index (χ0v) is 11.1. The Bertz CT molecular complexity index is 410. The summed E-state index contributed by atoms with van der Waals surface area (Å²) in [6.07, 6.45) is 2.25. The van der Waals surface area contributed by atoms with Crippen molar-refractivity contribution in [2.75, 3.05) is 31.1 Å². The molecule has 1 saturated heterocycles. The molecule has 1 aromatic rings. The molecule has 0 aliphatic carbocycles. The van der Waals surface area contributed by atoms with Crippen LogP contribution in [0.4, 0.5) is 5.82 Å². The Morgan fingerprint density at radius 3 is 2.50 bits per heavy atom. The van der Waals surface area contributed by atoms with Crippen molar-refractivity contribution in [1.82, 2.24) is 9.88 Å². The first kappa shape index (κ1) is 12.8. The van der Waals surface area contributed by atoms with E-state index in [-0.39, 0.29) is 0 Å². The molecular weight excluding hydrogens is 224 g/mol. The number of nitrogens with zero attached hydrogens (tertiary/aromatic N) is 4. The normalized spacial score (nSPS) is 16.9. The van der Waals surface area contributed by atoms with Crippen LogP contribution >= 0.6 is 0 Å². The van der Waals surface area contributed by atoms with Crippen molar-refractivity contribution in [3.8, 4) is 6.07 Å². The Labute approximate surface area is 109 Å². The van der Waals surface area contributed by atoms with Crippen LogP contribution in [-0.2, 0) is 6.42 Å². The van der Waals surface area contributed by atoms with Gasteiger partial charge in [0, 0.05) is 38.4 Å². The largest absolute Gasteiger partial charge is 0.354 e. The molecule has 1 aromatic heterocycles. The van der Waals surface area contributed by atoms with E-state index in [1.165, 1.54) is 0 Å². The van der Waals surface area contributed by atoms with E-state index in [0.717, 1.165) is 37.6 Å². The van der Waals surface area contributed by atoms with Gasteiger partial charge in [-0.05, 0) is 25.5 Å². The lowest BCUT2D eigenvalue weighted by atomic mass is 10.2. The van der Waals surface area contributed by atoms with Crippen LogP contribution in [0.2, 0.25) is 0 Å². The highest BCUT2D eigenvalue weighted by atomic mass is 15.3. The molecule has 0 aromatic carbocycles. The molecule has 0 amide bonds. The molecule has 0 spiro atoms.